The van der Waals surface area contributed by atoms with Crippen LogP contribution in [0.25, 0.3) is 0 Å². The zero-order valence-corrected chi connectivity index (χ0v) is 14.0. The molecule has 3 heterocycles. The molecule has 2 aromatic heterocycles. The topological polar surface area (TPSA) is 93.0 Å². The van der Waals surface area contributed by atoms with E-state index in [1.54, 1.807) is 37.0 Å². The van der Waals surface area contributed by atoms with E-state index in [4.69, 9.17) is 0 Å². The molecule has 3 rings (SSSR count). The monoisotopic (exact) mass is 336 g/mol. The normalized spacial score (nSPS) is 17.3. The highest BCUT2D eigenvalue weighted by Gasteiger charge is 2.31. The van der Waals surface area contributed by atoms with Gasteiger partial charge in [0.05, 0.1) is 0 Å². The number of anilines is 1. The molecule has 1 saturated heterocycles. The second kappa shape index (κ2) is 6.25. The van der Waals surface area contributed by atoms with Crippen LogP contribution in [0.15, 0.2) is 29.8 Å². The number of piperidine rings is 1. The second-order valence-electron chi connectivity index (χ2n) is 5.65. The average molecular weight is 336 g/mol. The molecule has 0 amide bonds. The summed E-state index contributed by atoms with van der Waals surface area (Å²) in [7, 11) is -1.72. The predicted molar refractivity (Wildman–Crippen MR) is 85.4 cm³/mol. The molecule has 1 aliphatic heterocycles. The molecular weight excluding hydrogens is 316 g/mol. The van der Waals surface area contributed by atoms with Crippen molar-refractivity contribution in [2.45, 2.75) is 30.8 Å². The standard InChI is InChI=1S/C14H20N6O2S/c1-11-17-14(9-19(11)2)23(21,22)20-7-4-12(5-8-20)18-13-3-6-15-10-16-13/h3,6,9-10,12H,4-5,7-8H2,1-2H3,(H,15,16,18). The van der Waals surface area contributed by atoms with Crippen LogP contribution in [0.5, 0.6) is 0 Å². The van der Waals surface area contributed by atoms with E-state index in [9.17, 15) is 8.42 Å². The van der Waals surface area contributed by atoms with Crippen molar-refractivity contribution in [3.8, 4) is 0 Å². The van der Waals surface area contributed by atoms with Crippen molar-refractivity contribution in [3.05, 3.63) is 30.6 Å². The first-order valence-electron chi connectivity index (χ1n) is 7.49. The van der Waals surface area contributed by atoms with Crippen LogP contribution < -0.4 is 5.32 Å². The Balaban J connectivity index is 1.64. The molecule has 124 valence electrons. The fourth-order valence-corrected chi connectivity index (χ4v) is 4.10. The van der Waals surface area contributed by atoms with Crippen molar-refractivity contribution < 1.29 is 8.42 Å². The molecule has 0 radical (unpaired) electrons. The number of rotatable bonds is 4. The van der Waals surface area contributed by atoms with Crippen LogP contribution in [0.2, 0.25) is 0 Å². The maximum absolute atomic E-state index is 12.6. The van der Waals surface area contributed by atoms with E-state index in [0.717, 1.165) is 18.7 Å². The number of sulfonamides is 1. The summed E-state index contributed by atoms with van der Waals surface area (Å²) < 4.78 is 28.5. The first kappa shape index (κ1) is 15.9. The Morgan fingerprint density at radius 2 is 2.04 bits per heavy atom. The smallest absolute Gasteiger partial charge is 0.262 e. The SMILES string of the molecule is Cc1nc(S(=O)(=O)N2CCC(Nc3ccncn3)CC2)cn1C. The van der Waals surface area contributed by atoms with Gasteiger partial charge in [-0.25, -0.2) is 23.4 Å². The summed E-state index contributed by atoms with van der Waals surface area (Å²) >= 11 is 0. The zero-order valence-electron chi connectivity index (χ0n) is 13.2. The minimum atomic E-state index is -3.51. The van der Waals surface area contributed by atoms with Gasteiger partial charge in [-0.15, -0.1) is 0 Å². The van der Waals surface area contributed by atoms with Crippen LogP contribution in [-0.4, -0.2) is 51.4 Å². The molecule has 0 spiro atoms. The number of nitrogens with one attached hydrogen (secondary N) is 1. The van der Waals surface area contributed by atoms with Crippen LogP contribution in [0, 0.1) is 6.92 Å². The molecule has 0 unspecified atom stereocenters. The molecule has 0 saturated carbocycles. The summed E-state index contributed by atoms with van der Waals surface area (Å²) in [5.74, 6) is 1.45. The fraction of sp³-hybridized carbons (Fsp3) is 0.500. The first-order valence-corrected chi connectivity index (χ1v) is 8.93. The number of aryl methyl sites for hydroxylation is 2. The van der Waals surface area contributed by atoms with E-state index in [0.29, 0.717) is 18.9 Å². The van der Waals surface area contributed by atoms with Gasteiger partial charge in [-0.3, -0.25) is 0 Å². The highest BCUT2D eigenvalue weighted by molar-refractivity contribution is 7.89. The number of hydrogen-bond donors (Lipinski definition) is 1. The van der Waals surface area contributed by atoms with E-state index in [2.05, 4.69) is 20.3 Å². The predicted octanol–water partition coefficient (Wildman–Crippen LogP) is 0.784. The molecule has 2 aromatic rings. The Morgan fingerprint density at radius 1 is 1.30 bits per heavy atom. The molecule has 9 heteroatoms. The van der Waals surface area contributed by atoms with Gasteiger partial charge in [0, 0.05) is 38.6 Å². The molecule has 0 atom stereocenters. The van der Waals surface area contributed by atoms with Gasteiger partial charge in [-0.05, 0) is 25.8 Å². The van der Waals surface area contributed by atoms with Crippen LogP contribution in [0.3, 0.4) is 0 Å². The molecule has 0 aromatic carbocycles. The van der Waals surface area contributed by atoms with Crippen LogP contribution >= 0.6 is 0 Å². The van der Waals surface area contributed by atoms with E-state index >= 15 is 0 Å². The van der Waals surface area contributed by atoms with Gasteiger partial charge in [0.15, 0.2) is 5.03 Å². The number of imidazole rings is 1. The van der Waals surface area contributed by atoms with Gasteiger partial charge in [0.1, 0.15) is 18.0 Å². The lowest BCUT2D eigenvalue weighted by Crippen LogP contribution is -2.42. The quantitative estimate of drug-likeness (QED) is 0.887. The van der Waals surface area contributed by atoms with Gasteiger partial charge in [0.25, 0.3) is 10.0 Å². The van der Waals surface area contributed by atoms with Gasteiger partial charge in [-0.2, -0.15) is 4.31 Å². The van der Waals surface area contributed by atoms with Crippen LogP contribution in [0.4, 0.5) is 5.82 Å². The largest absolute Gasteiger partial charge is 0.367 e. The molecule has 8 nitrogen and oxygen atoms in total. The molecule has 1 fully saturated rings. The van der Waals surface area contributed by atoms with Gasteiger partial charge in [-0.1, -0.05) is 0 Å². The summed E-state index contributed by atoms with van der Waals surface area (Å²) in [6.07, 6.45) is 6.20. The number of nitrogens with zero attached hydrogens (tertiary/aromatic N) is 5. The lowest BCUT2D eigenvalue weighted by atomic mass is 10.1. The van der Waals surface area contributed by atoms with Crippen molar-refractivity contribution >= 4 is 15.8 Å². The highest BCUT2D eigenvalue weighted by atomic mass is 32.2. The van der Waals surface area contributed by atoms with Crippen LogP contribution in [0.1, 0.15) is 18.7 Å². The minimum absolute atomic E-state index is 0.125. The lowest BCUT2D eigenvalue weighted by Gasteiger charge is -2.31. The summed E-state index contributed by atoms with van der Waals surface area (Å²) in [5.41, 5.74) is 0. The van der Waals surface area contributed by atoms with E-state index in [1.165, 1.54) is 10.6 Å². The number of aromatic nitrogens is 4. The summed E-state index contributed by atoms with van der Waals surface area (Å²) in [5, 5.41) is 3.44. The Hall–Kier alpha value is -2.00. The third-order valence-corrected chi connectivity index (χ3v) is 5.85. The first-order chi connectivity index (χ1) is 11.0. The van der Waals surface area contributed by atoms with Gasteiger partial charge in [0.2, 0.25) is 0 Å². The summed E-state index contributed by atoms with van der Waals surface area (Å²) in [6.45, 7) is 2.73. The van der Waals surface area contributed by atoms with Crippen molar-refractivity contribution in [2.75, 3.05) is 18.4 Å². The Bertz CT molecular complexity index is 746. The zero-order chi connectivity index (χ0) is 16.4. The average Bonchev–Trinajstić information content (AvgIpc) is 2.89. The molecule has 23 heavy (non-hydrogen) atoms. The van der Waals surface area contributed by atoms with Crippen LogP contribution in [-0.2, 0) is 17.1 Å². The Kier molecular flexibility index (Phi) is 4.31. The third kappa shape index (κ3) is 3.35. The third-order valence-electron chi connectivity index (χ3n) is 4.08. The maximum Gasteiger partial charge on any atom is 0.262 e. The second-order valence-corrected chi connectivity index (χ2v) is 7.54. The summed E-state index contributed by atoms with van der Waals surface area (Å²) in [6, 6.07) is 2.02. The van der Waals surface area contributed by atoms with Crippen molar-refractivity contribution in [3.63, 3.8) is 0 Å². The molecular formula is C14H20N6O2S. The van der Waals surface area contributed by atoms with Gasteiger partial charge >= 0.3 is 0 Å². The maximum atomic E-state index is 12.6. The van der Waals surface area contributed by atoms with Gasteiger partial charge < -0.3 is 9.88 Å². The van der Waals surface area contributed by atoms with E-state index in [-0.39, 0.29) is 11.1 Å². The minimum Gasteiger partial charge on any atom is -0.367 e. The van der Waals surface area contributed by atoms with Crippen molar-refractivity contribution in [1.29, 1.82) is 0 Å². The fourth-order valence-electron chi connectivity index (χ4n) is 2.61. The number of hydrogen-bond acceptors (Lipinski definition) is 6. The van der Waals surface area contributed by atoms with Crippen molar-refractivity contribution in [1.82, 2.24) is 23.8 Å². The van der Waals surface area contributed by atoms with E-state index in [1.807, 2.05) is 0 Å². The lowest BCUT2D eigenvalue weighted by molar-refractivity contribution is 0.328. The van der Waals surface area contributed by atoms with E-state index < -0.39 is 10.0 Å². The molecule has 1 aliphatic rings. The Labute approximate surface area is 135 Å². The van der Waals surface area contributed by atoms with Crippen molar-refractivity contribution in [2.24, 2.45) is 7.05 Å². The molecule has 0 aliphatic carbocycles. The molecule has 0 bridgehead atoms. The molecule has 1 N–H and O–H groups in total. The highest BCUT2D eigenvalue weighted by Crippen LogP contribution is 2.21. The Morgan fingerprint density at radius 3 is 2.61 bits per heavy atom. The summed E-state index contributed by atoms with van der Waals surface area (Å²) in [4.78, 5) is 12.2.